The Bertz CT molecular complexity index is 2860. The molecule has 21 heteroatoms. The molecule has 8 rings (SSSR count). The average molecular weight is 1100 g/mol. The van der Waals surface area contributed by atoms with Crippen molar-refractivity contribution >= 4 is 57.6 Å². The summed E-state index contributed by atoms with van der Waals surface area (Å²) in [5.41, 5.74) is -1.52. The van der Waals surface area contributed by atoms with Crippen LogP contribution in [0.1, 0.15) is 142 Å². The van der Waals surface area contributed by atoms with E-state index in [0.29, 0.717) is 38.6 Å². The van der Waals surface area contributed by atoms with Crippen molar-refractivity contribution in [1.29, 1.82) is 0 Å². The lowest BCUT2D eigenvalue weighted by molar-refractivity contribution is -0.163. The van der Waals surface area contributed by atoms with Crippen LogP contribution in [0.2, 0.25) is 0 Å². The number of anilines is 1. The molecule has 79 heavy (non-hydrogen) atoms. The Morgan fingerprint density at radius 1 is 0.861 bits per heavy atom. The van der Waals surface area contributed by atoms with Gasteiger partial charge >= 0.3 is 36.2 Å². The lowest BCUT2D eigenvalue weighted by Gasteiger charge is -2.41. The maximum absolute atomic E-state index is 17.9. The predicted octanol–water partition coefficient (Wildman–Crippen LogP) is 10.4. The third kappa shape index (κ3) is 14.3. The first-order valence-electron chi connectivity index (χ1n) is 27.8. The number of halogens is 3. The number of hydrogen-bond donors (Lipinski definition) is 0. The first kappa shape index (κ1) is 58.2. The van der Waals surface area contributed by atoms with Crippen LogP contribution >= 0.6 is 0 Å². The highest BCUT2D eigenvalue weighted by molar-refractivity contribution is 6.03. The second-order valence-electron chi connectivity index (χ2n) is 21.1. The molecular formula is C58H71F3N6O12. The van der Waals surface area contributed by atoms with Gasteiger partial charge in [0, 0.05) is 69.9 Å². The third-order valence-electron chi connectivity index (χ3n) is 15.2. The van der Waals surface area contributed by atoms with E-state index in [1.165, 1.54) is 38.2 Å². The number of carbonyl (C=O) groups is 5. The lowest BCUT2D eigenvalue weighted by Crippen LogP contribution is -2.56. The minimum absolute atomic E-state index is 0.0260. The van der Waals surface area contributed by atoms with Crippen LogP contribution in [-0.4, -0.2) is 137 Å². The molecule has 4 aliphatic rings. The van der Waals surface area contributed by atoms with E-state index in [9.17, 15) is 28.4 Å². The molecule has 4 aliphatic heterocycles. The smallest absolute Gasteiger partial charge is 0.462 e. The highest BCUT2D eigenvalue weighted by Crippen LogP contribution is 2.43. The number of ether oxygens (including phenoxy) is 7. The number of aromatic nitrogens is 3. The Morgan fingerprint density at radius 2 is 1.53 bits per heavy atom. The van der Waals surface area contributed by atoms with Crippen LogP contribution in [0.5, 0.6) is 11.8 Å². The molecule has 5 atom stereocenters. The summed E-state index contributed by atoms with van der Waals surface area (Å²) in [6, 6.07) is 4.19. The fourth-order valence-electron chi connectivity index (χ4n) is 11.4. The number of amides is 1. The van der Waals surface area contributed by atoms with Crippen molar-refractivity contribution < 1.29 is 70.3 Å². The van der Waals surface area contributed by atoms with Gasteiger partial charge in [0.1, 0.15) is 54.6 Å². The number of terminal acetylenes is 1. The number of pyridine rings is 1. The zero-order valence-corrected chi connectivity index (χ0v) is 45.5. The van der Waals surface area contributed by atoms with Gasteiger partial charge in [0.2, 0.25) is 6.29 Å². The summed E-state index contributed by atoms with van der Waals surface area (Å²) >= 11 is 0. The summed E-state index contributed by atoms with van der Waals surface area (Å²) in [7, 11) is 0. The van der Waals surface area contributed by atoms with Crippen molar-refractivity contribution in [2.75, 3.05) is 50.9 Å². The first-order valence-corrected chi connectivity index (χ1v) is 27.8. The second-order valence-corrected chi connectivity index (χ2v) is 21.1. The number of benzene rings is 2. The lowest BCUT2D eigenvalue weighted by atomic mass is 9.95. The van der Waals surface area contributed by atoms with Crippen molar-refractivity contribution in [2.24, 2.45) is 0 Å². The molecule has 4 saturated heterocycles. The predicted molar refractivity (Wildman–Crippen MR) is 285 cm³/mol. The number of unbranched alkanes of at least 4 members (excludes halogenated alkanes) is 8. The molecule has 2 aromatic heterocycles. The van der Waals surface area contributed by atoms with E-state index in [2.05, 4.69) is 34.6 Å². The molecule has 0 N–H and O–H groups in total. The van der Waals surface area contributed by atoms with Crippen LogP contribution in [0.15, 0.2) is 30.5 Å². The Hall–Kier alpha value is -6.95. The number of esters is 3. The molecule has 0 radical (unpaired) electrons. The summed E-state index contributed by atoms with van der Waals surface area (Å²) in [4.78, 5) is 83.8. The second kappa shape index (κ2) is 26.8. The Morgan fingerprint density at radius 3 is 2.18 bits per heavy atom. The molecule has 18 nitrogen and oxygen atoms in total. The molecule has 2 aromatic carbocycles. The van der Waals surface area contributed by atoms with E-state index < -0.39 is 79.1 Å². The van der Waals surface area contributed by atoms with Gasteiger partial charge in [0.25, 0.3) is 0 Å². The minimum atomic E-state index is -1.28. The van der Waals surface area contributed by atoms with E-state index in [4.69, 9.17) is 44.6 Å². The molecular weight excluding hydrogens is 1030 g/mol. The van der Waals surface area contributed by atoms with Gasteiger partial charge in [-0.2, -0.15) is 9.97 Å². The van der Waals surface area contributed by atoms with Gasteiger partial charge in [-0.3, -0.25) is 29.2 Å². The van der Waals surface area contributed by atoms with Gasteiger partial charge in [0.05, 0.1) is 28.6 Å². The van der Waals surface area contributed by atoms with E-state index in [1.54, 1.807) is 4.90 Å². The van der Waals surface area contributed by atoms with Crippen molar-refractivity contribution in [1.82, 2.24) is 24.8 Å². The summed E-state index contributed by atoms with van der Waals surface area (Å²) < 4.78 is 87.6. The number of carbonyl (C=O) groups excluding carboxylic acids is 5. The monoisotopic (exact) mass is 1100 g/mol. The van der Waals surface area contributed by atoms with Crippen LogP contribution in [0.4, 0.5) is 28.6 Å². The summed E-state index contributed by atoms with van der Waals surface area (Å²) in [6.45, 7) is 7.45. The van der Waals surface area contributed by atoms with Gasteiger partial charge < -0.3 is 38.1 Å². The highest BCUT2D eigenvalue weighted by atomic mass is 19.1. The number of fused-ring (bicyclic) bond motifs is 5. The fraction of sp³-hybridized carbons (Fsp3) is 0.586. The Labute approximate surface area is 458 Å². The number of rotatable bonds is 25. The average Bonchev–Trinajstić information content (AvgIpc) is 4.15. The van der Waals surface area contributed by atoms with Gasteiger partial charge in [0.15, 0.2) is 11.9 Å². The molecule has 0 saturated carbocycles. The molecule has 0 aliphatic carbocycles. The van der Waals surface area contributed by atoms with E-state index in [-0.39, 0.29) is 114 Å². The Kier molecular flexibility index (Phi) is 19.7. The largest absolute Gasteiger partial charge is 0.514 e. The van der Waals surface area contributed by atoms with Gasteiger partial charge in [-0.05, 0) is 68.7 Å². The Balaban J connectivity index is 1.10. The van der Waals surface area contributed by atoms with Crippen LogP contribution in [0.25, 0.3) is 32.9 Å². The van der Waals surface area contributed by atoms with Crippen LogP contribution in [0.3, 0.4) is 0 Å². The maximum atomic E-state index is 17.9. The fourth-order valence-corrected chi connectivity index (χ4v) is 11.4. The zero-order valence-electron chi connectivity index (χ0n) is 45.5. The summed E-state index contributed by atoms with van der Waals surface area (Å²) in [5, 5.41) is 0.464. The normalized spacial score (nSPS) is 20.0. The zero-order chi connectivity index (χ0) is 56.2. The van der Waals surface area contributed by atoms with Crippen molar-refractivity contribution in [2.45, 2.75) is 173 Å². The summed E-state index contributed by atoms with van der Waals surface area (Å²) in [6.07, 6.45) is 14.3. The van der Waals surface area contributed by atoms with Crippen molar-refractivity contribution in [3.63, 3.8) is 0 Å². The number of piperazine rings is 1. The topological polar surface area (TPSA) is 198 Å². The standard InChI is InChI=1S/C58H71F3N6O12/c1-6-9-11-13-15-18-48(69)73-33-43(34-74-49(70)19-16-14-12-10-7-2)79-57(72)78-42-26-38-20-23-47(60)44(8-3)50(38)45(27-42)52-51(61)53-46(29-62-52)54(64-55(63-53)75-35-58-24-17-25-66(58)30-39(59)28-58)65-31-40-21-22-41(32-65)67(40)56(71)77-37(5)76-36(4)68/h3,20,23,26-27,29,37,39-41,43H,6-7,9-19,21-22,24-25,28,30-35H2,1-2,4-5H3/t37?,39-,40?,41?,58+/m1/s1. The maximum Gasteiger partial charge on any atom is 0.514 e. The molecule has 6 heterocycles. The first-order chi connectivity index (χ1) is 38.1. The molecule has 1 amide bonds. The van der Waals surface area contributed by atoms with Gasteiger partial charge in [-0.1, -0.05) is 77.2 Å². The molecule has 0 spiro atoms. The highest BCUT2D eigenvalue weighted by Gasteiger charge is 2.50. The molecule has 4 fully saturated rings. The van der Waals surface area contributed by atoms with E-state index >= 15 is 8.78 Å². The SMILES string of the molecule is C#Cc1c(F)ccc2cc(OC(=O)OC(COC(=O)CCCCCCC)COC(=O)CCCCCCC)cc(-c3ncc4c(N5CC6CCC(C5)N6C(=O)OC(C)OC(C)=O)nc(OC[C@@]56CCCN5C[C@H](F)C6)nc4c3F)c12. The third-order valence-corrected chi connectivity index (χ3v) is 15.2. The summed E-state index contributed by atoms with van der Waals surface area (Å²) in [5.74, 6) is -0.992. The molecule has 3 unspecified atom stereocenters. The molecule has 2 bridgehead atoms. The van der Waals surface area contributed by atoms with Crippen molar-refractivity contribution in [3.8, 4) is 35.4 Å². The quantitative estimate of drug-likeness (QED) is 0.0151. The van der Waals surface area contributed by atoms with Gasteiger partial charge in [-0.15, -0.1) is 6.42 Å². The van der Waals surface area contributed by atoms with Crippen LogP contribution < -0.4 is 14.4 Å². The number of hydrogen-bond acceptors (Lipinski definition) is 17. The molecule has 426 valence electrons. The number of alkyl halides is 1. The number of nitrogens with zero attached hydrogens (tertiary/aromatic N) is 6. The van der Waals surface area contributed by atoms with E-state index in [1.807, 2.05) is 4.90 Å². The van der Waals surface area contributed by atoms with Gasteiger partial charge in [-0.25, -0.2) is 22.8 Å². The minimum Gasteiger partial charge on any atom is -0.462 e. The van der Waals surface area contributed by atoms with Crippen molar-refractivity contribution in [3.05, 3.63) is 47.7 Å². The van der Waals surface area contributed by atoms with E-state index in [0.717, 1.165) is 63.9 Å². The van der Waals surface area contributed by atoms with Crippen LogP contribution in [0, 0.1) is 24.0 Å². The van der Waals surface area contributed by atoms with Crippen LogP contribution in [-0.2, 0) is 38.1 Å². The molecule has 4 aromatic rings.